The van der Waals surface area contributed by atoms with Crippen molar-refractivity contribution >= 4 is 10.0 Å². The second-order valence-electron chi connectivity index (χ2n) is 5.82. The summed E-state index contributed by atoms with van der Waals surface area (Å²) < 4.78 is 57.8. The van der Waals surface area contributed by atoms with E-state index in [2.05, 4.69) is 18.6 Å². The van der Waals surface area contributed by atoms with E-state index in [-0.39, 0.29) is 11.4 Å². The molecule has 138 valence electrons. The molecule has 1 aromatic carbocycles. The Bertz CT molecular complexity index is 593. The van der Waals surface area contributed by atoms with Crippen LogP contribution in [0, 0.1) is 17.6 Å². The van der Waals surface area contributed by atoms with Gasteiger partial charge >= 0.3 is 0 Å². The number of rotatable bonds is 12. The second kappa shape index (κ2) is 10.7. The van der Waals surface area contributed by atoms with E-state index in [1.807, 2.05) is 0 Å². The first-order chi connectivity index (χ1) is 11.4. The molecule has 7 heteroatoms. The molecule has 0 saturated heterocycles. The molecule has 1 unspecified atom stereocenters. The molecule has 1 aromatic rings. The monoisotopic (exact) mass is 363 g/mol. The predicted molar refractivity (Wildman–Crippen MR) is 90.3 cm³/mol. The molecule has 0 radical (unpaired) electrons. The summed E-state index contributed by atoms with van der Waals surface area (Å²) in [5, 5.41) is 0. The highest BCUT2D eigenvalue weighted by atomic mass is 32.2. The van der Waals surface area contributed by atoms with E-state index in [1.165, 1.54) is 12.8 Å². The van der Waals surface area contributed by atoms with Crippen molar-refractivity contribution < 1.29 is 21.9 Å². The van der Waals surface area contributed by atoms with E-state index in [4.69, 9.17) is 4.74 Å². The average Bonchev–Trinajstić information content (AvgIpc) is 2.55. The van der Waals surface area contributed by atoms with Crippen molar-refractivity contribution in [2.75, 3.05) is 19.8 Å². The Hall–Kier alpha value is -1.05. The van der Waals surface area contributed by atoms with E-state index >= 15 is 0 Å². The van der Waals surface area contributed by atoms with Crippen LogP contribution in [0.4, 0.5) is 8.78 Å². The van der Waals surface area contributed by atoms with E-state index in [1.54, 1.807) is 0 Å². The maximum atomic E-state index is 13.1. The van der Waals surface area contributed by atoms with Crippen LogP contribution in [0.15, 0.2) is 23.1 Å². The van der Waals surface area contributed by atoms with Gasteiger partial charge in [-0.2, -0.15) is 0 Å². The number of sulfonamides is 1. The molecule has 24 heavy (non-hydrogen) atoms. The van der Waals surface area contributed by atoms with Crippen LogP contribution in [0.25, 0.3) is 0 Å². The van der Waals surface area contributed by atoms with Gasteiger partial charge in [0.25, 0.3) is 0 Å². The normalized spacial score (nSPS) is 13.2. The lowest BCUT2D eigenvalue weighted by molar-refractivity contribution is 0.0928. The Labute approximate surface area is 143 Å². The molecular formula is C17H27F2NO3S. The highest BCUT2D eigenvalue weighted by Gasteiger charge is 2.15. The Morgan fingerprint density at radius 3 is 2.54 bits per heavy atom. The topological polar surface area (TPSA) is 55.4 Å². The minimum atomic E-state index is -3.83. The smallest absolute Gasteiger partial charge is 0.240 e. The minimum absolute atomic E-state index is 0.188. The highest BCUT2D eigenvalue weighted by Crippen LogP contribution is 2.14. The number of hydrogen-bond acceptors (Lipinski definition) is 3. The van der Waals surface area contributed by atoms with Crippen molar-refractivity contribution in [1.29, 1.82) is 0 Å². The van der Waals surface area contributed by atoms with Gasteiger partial charge in [-0.15, -0.1) is 0 Å². The van der Waals surface area contributed by atoms with E-state index < -0.39 is 21.7 Å². The van der Waals surface area contributed by atoms with Crippen LogP contribution >= 0.6 is 0 Å². The summed E-state index contributed by atoms with van der Waals surface area (Å²) in [6, 6.07) is 2.51. The first-order valence-electron chi connectivity index (χ1n) is 8.43. The number of unbranched alkanes of at least 4 members (excludes halogenated alkanes) is 1. The molecule has 0 aliphatic carbocycles. The maximum absolute atomic E-state index is 13.1. The van der Waals surface area contributed by atoms with Gasteiger partial charge < -0.3 is 4.74 Å². The molecule has 1 N–H and O–H groups in total. The van der Waals surface area contributed by atoms with Crippen LogP contribution in [0.3, 0.4) is 0 Å². The highest BCUT2D eigenvalue weighted by molar-refractivity contribution is 7.89. The van der Waals surface area contributed by atoms with Crippen molar-refractivity contribution in [3.8, 4) is 0 Å². The number of nitrogens with one attached hydrogen (secondary N) is 1. The fourth-order valence-electron chi connectivity index (χ4n) is 2.26. The number of hydrogen-bond donors (Lipinski definition) is 1. The molecule has 1 atom stereocenters. The summed E-state index contributed by atoms with van der Waals surface area (Å²) in [5.41, 5.74) is 0. The van der Waals surface area contributed by atoms with Crippen LogP contribution in [0.2, 0.25) is 0 Å². The number of halogens is 2. The van der Waals surface area contributed by atoms with Gasteiger partial charge in [0.1, 0.15) is 0 Å². The molecule has 0 heterocycles. The molecule has 0 bridgehead atoms. The summed E-state index contributed by atoms with van der Waals surface area (Å²) in [6.07, 6.45) is 5.10. The molecule has 0 aliphatic rings. The van der Waals surface area contributed by atoms with E-state index in [0.29, 0.717) is 31.6 Å². The quantitative estimate of drug-likeness (QED) is 0.574. The van der Waals surface area contributed by atoms with Crippen molar-refractivity contribution in [2.45, 2.75) is 50.8 Å². The van der Waals surface area contributed by atoms with Gasteiger partial charge in [0.05, 0.1) is 4.90 Å². The SMILES string of the molecule is CCCCC(CC)COCCCNS(=O)(=O)c1ccc(F)c(F)c1. The van der Waals surface area contributed by atoms with Gasteiger partial charge in [0.15, 0.2) is 11.6 Å². The van der Waals surface area contributed by atoms with E-state index in [9.17, 15) is 17.2 Å². The molecule has 4 nitrogen and oxygen atoms in total. The third-order valence-corrected chi connectivity index (χ3v) is 5.31. The third kappa shape index (κ3) is 7.23. The van der Waals surface area contributed by atoms with Crippen LogP contribution < -0.4 is 4.72 Å². The Kier molecular flexibility index (Phi) is 9.39. The summed E-state index contributed by atoms with van der Waals surface area (Å²) in [5.74, 6) is -1.71. The molecule has 0 aliphatic heterocycles. The largest absolute Gasteiger partial charge is 0.381 e. The first kappa shape index (κ1) is 21.0. The van der Waals surface area contributed by atoms with Crippen molar-refractivity contribution in [3.63, 3.8) is 0 Å². The summed E-state index contributed by atoms with van der Waals surface area (Å²) in [4.78, 5) is -0.284. The van der Waals surface area contributed by atoms with Crippen molar-refractivity contribution in [1.82, 2.24) is 4.72 Å². The van der Waals surface area contributed by atoms with Crippen molar-refractivity contribution in [3.05, 3.63) is 29.8 Å². The Morgan fingerprint density at radius 1 is 1.17 bits per heavy atom. The van der Waals surface area contributed by atoms with Gasteiger partial charge in [-0.3, -0.25) is 0 Å². The van der Waals surface area contributed by atoms with Gasteiger partial charge in [-0.25, -0.2) is 21.9 Å². The molecular weight excluding hydrogens is 336 g/mol. The zero-order valence-corrected chi connectivity index (χ0v) is 15.2. The average molecular weight is 363 g/mol. The fourth-order valence-corrected chi connectivity index (χ4v) is 3.34. The molecule has 0 fully saturated rings. The molecule has 0 aromatic heterocycles. The van der Waals surface area contributed by atoms with Crippen molar-refractivity contribution in [2.24, 2.45) is 5.92 Å². The zero-order valence-electron chi connectivity index (χ0n) is 14.4. The third-order valence-electron chi connectivity index (χ3n) is 3.86. The van der Waals surface area contributed by atoms with Crippen LogP contribution in [0.5, 0.6) is 0 Å². The van der Waals surface area contributed by atoms with Crippen LogP contribution in [-0.4, -0.2) is 28.2 Å². The number of benzene rings is 1. The van der Waals surface area contributed by atoms with Crippen LogP contribution in [-0.2, 0) is 14.8 Å². The fraction of sp³-hybridized carbons (Fsp3) is 0.647. The Balaban J connectivity index is 2.30. The molecule has 0 amide bonds. The maximum Gasteiger partial charge on any atom is 0.240 e. The minimum Gasteiger partial charge on any atom is -0.381 e. The van der Waals surface area contributed by atoms with Gasteiger partial charge in [-0.05, 0) is 37.0 Å². The number of ether oxygens (including phenoxy) is 1. The van der Waals surface area contributed by atoms with E-state index in [0.717, 1.165) is 25.0 Å². The summed E-state index contributed by atoms with van der Waals surface area (Å²) >= 11 is 0. The lowest BCUT2D eigenvalue weighted by Gasteiger charge is -2.14. The van der Waals surface area contributed by atoms with Crippen LogP contribution in [0.1, 0.15) is 46.0 Å². The molecule has 0 saturated carbocycles. The lowest BCUT2D eigenvalue weighted by atomic mass is 10.0. The summed E-state index contributed by atoms with van der Waals surface area (Å²) in [6.45, 7) is 5.63. The predicted octanol–water partition coefficient (Wildman–Crippen LogP) is 3.87. The molecule has 0 spiro atoms. The lowest BCUT2D eigenvalue weighted by Crippen LogP contribution is -2.26. The summed E-state index contributed by atoms with van der Waals surface area (Å²) in [7, 11) is -3.83. The standard InChI is InChI=1S/C17H27F2NO3S/c1-3-5-7-14(4-2)13-23-11-6-10-20-24(21,22)15-8-9-16(18)17(19)12-15/h8-9,12,14,20H,3-7,10-11,13H2,1-2H3. The zero-order chi connectivity index (χ0) is 18.0. The Morgan fingerprint density at radius 2 is 1.92 bits per heavy atom. The van der Waals surface area contributed by atoms with Gasteiger partial charge in [0, 0.05) is 19.8 Å². The van der Waals surface area contributed by atoms with Gasteiger partial charge in [0.2, 0.25) is 10.0 Å². The first-order valence-corrected chi connectivity index (χ1v) is 9.91. The van der Waals surface area contributed by atoms with Gasteiger partial charge in [-0.1, -0.05) is 33.1 Å². The molecule has 1 rings (SSSR count). The second-order valence-corrected chi connectivity index (χ2v) is 7.59.